The Labute approximate surface area is 105 Å². The first-order valence-electron chi connectivity index (χ1n) is 4.34. The summed E-state index contributed by atoms with van der Waals surface area (Å²) in [5.74, 6) is -1.08. The van der Waals surface area contributed by atoms with Crippen LogP contribution in [0.25, 0.3) is 0 Å². The minimum Gasteiger partial charge on any atom is -0.476 e. The van der Waals surface area contributed by atoms with Crippen molar-refractivity contribution in [3.8, 4) is 0 Å². The Bertz CT molecular complexity index is 434. The molecule has 0 bridgehead atoms. The topological polar surface area (TPSA) is 101 Å². The largest absolute Gasteiger partial charge is 0.476 e. The summed E-state index contributed by atoms with van der Waals surface area (Å²) in [5.41, 5.74) is -0.230. The zero-order valence-corrected chi connectivity index (χ0v) is 9.99. The first kappa shape index (κ1) is 13.4. The number of carboxylic acid groups (broad SMARTS) is 1. The Morgan fingerprint density at radius 2 is 2.53 bits per heavy atom. The van der Waals surface area contributed by atoms with E-state index in [0.29, 0.717) is 6.41 Å². The number of aliphatic carboxylic acids is 1. The van der Waals surface area contributed by atoms with Crippen molar-refractivity contribution in [2.45, 2.75) is 0 Å². The second-order valence-electron chi connectivity index (χ2n) is 2.57. The van der Waals surface area contributed by atoms with Crippen LogP contribution in [0.3, 0.4) is 0 Å². The summed E-state index contributed by atoms with van der Waals surface area (Å²) < 4.78 is 0. The van der Waals surface area contributed by atoms with Crippen molar-refractivity contribution in [2.24, 2.45) is 5.16 Å². The Balaban J connectivity index is 2.85. The van der Waals surface area contributed by atoms with Gasteiger partial charge in [0.25, 0.3) is 0 Å². The number of amides is 1. The number of nitrogens with zero attached hydrogens (tertiary/aromatic N) is 2. The van der Waals surface area contributed by atoms with Crippen LogP contribution < -0.4 is 5.32 Å². The van der Waals surface area contributed by atoms with E-state index in [1.54, 1.807) is 0 Å². The quantitative estimate of drug-likeness (QED) is 0.252. The first-order valence-corrected chi connectivity index (χ1v) is 5.75. The van der Waals surface area contributed by atoms with Gasteiger partial charge in [0.15, 0.2) is 5.13 Å². The molecule has 0 atom stereocenters. The molecule has 1 aromatic rings. The van der Waals surface area contributed by atoms with Gasteiger partial charge in [-0.2, -0.15) is 0 Å². The minimum absolute atomic E-state index is 0.0991. The van der Waals surface area contributed by atoms with Gasteiger partial charge in [0.05, 0.1) is 5.88 Å². The molecule has 0 aliphatic carbocycles. The molecule has 7 nitrogen and oxygen atoms in total. The molecule has 92 valence electrons. The standard InChI is InChI=1S/C8H8ClN3O4S/c9-1-2-16-12-6(7(14)15)5-3-17-8(11-5)10-4-13/h3-4H,1-2H2,(H,14,15)(H,10,11,13)/b12-6-. The fourth-order valence-corrected chi connectivity index (χ4v) is 1.56. The Kier molecular flexibility index (Phi) is 5.37. The molecule has 0 saturated carbocycles. The van der Waals surface area contributed by atoms with Crippen molar-refractivity contribution >= 4 is 46.2 Å². The molecular formula is C8H8ClN3O4S. The summed E-state index contributed by atoms with van der Waals surface area (Å²) >= 11 is 6.43. The normalized spacial score (nSPS) is 11.0. The number of halogens is 1. The zero-order valence-electron chi connectivity index (χ0n) is 8.42. The van der Waals surface area contributed by atoms with Crippen molar-refractivity contribution in [3.63, 3.8) is 0 Å². The molecule has 1 heterocycles. The third kappa shape index (κ3) is 4.00. The number of hydrogen-bond acceptors (Lipinski definition) is 6. The Morgan fingerprint density at radius 1 is 1.76 bits per heavy atom. The number of oxime groups is 1. The Hall–Kier alpha value is -1.67. The molecule has 1 rings (SSSR count). The highest BCUT2D eigenvalue weighted by Crippen LogP contribution is 2.15. The van der Waals surface area contributed by atoms with Crippen LogP contribution in [0.2, 0.25) is 0 Å². The van der Waals surface area contributed by atoms with Crippen LogP contribution in [-0.4, -0.2) is 40.7 Å². The lowest BCUT2D eigenvalue weighted by molar-refractivity contribution is -0.129. The second kappa shape index (κ2) is 6.81. The SMILES string of the molecule is O=CNc1nc(/C(=N/OCCCl)C(=O)O)cs1. The second-order valence-corrected chi connectivity index (χ2v) is 3.80. The van der Waals surface area contributed by atoms with Gasteiger partial charge in [-0.25, -0.2) is 9.78 Å². The highest BCUT2D eigenvalue weighted by Gasteiger charge is 2.17. The fraction of sp³-hybridized carbons (Fsp3) is 0.250. The molecule has 1 amide bonds. The number of aromatic nitrogens is 1. The van der Waals surface area contributed by atoms with E-state index in [4.69, 9.17) is 16.7 Å². The van der Waals surface area contributed by atoms with E-state index >= 15 is 0 Å². The predicted octanol–water partition coefficient (Wildman–Crippen LogP) is 0.755. The molecule has 9 heteroatoms. The first-order chi connectivity index (χ1) is 8.19. The summed E-state index contributed by atoms with van der Waals surface area (Å²) in [4.78, 5) is 29.6. The van der Waals surface area contributed by atoms with Crippen molar-refractivity contribution in [2.75, 3.05) is 17.8 Å². The average molecular weight is 278 g/mol. The smallest absolute Gasteiger partial charge is 0.360 e. The monoisotopic (exact) mass is 277 g/mol. The Morgan fingerprint density at radius 3 is 3.12 bits per heavy atom. The van der Waals surface area contributed by atoms with Crippen LogP contribution in [0.1, 0.15) is 5.69 Å². The van der Waals surface area contributed by atoms with Gasteiger partial charge in [-0.3, -0.25) is 4.79 Å². The van der Waals surface area contributed by atoms with Crippen LogP contribution >= 0.6 is 22.9 Å². The van der Waals surface area contributed by atoms with Gasteiger partial charge in [0, 0.05) is 5.38 Å². The summed E-state index contributed by atoms with van der Waals surface area (Å²) in [6.45, 7) is 0.0991. The number of carbonyl (C=O) groups excluding carboxylic acids is 1. The van der Waals surface area contributed by atoms with E-state index in [1.165, 1.54) is 5.38 Å². The summed E-state index contributed by atoms with van der Waals surface area (Å²) in [7, 11) is 0. The molecule has 0 aliphatic heterocycles. The van der Waals surface area contributed by atoms with Gasteiger partial charge in [-0.05, 0) is 0 Å². The molecule has 0 fully saturated rings. The van der Waals surface area contributed by atoms with Gasteiger partial charge >= 0.3 is 5.97 Å². The zero-order chi connectivity index (χ0) is 12.7. The van der Waals surface area contributed by atoms with E-state index in [2.05, 4.69) is 20.3 Å². The molecule has 17 heavy (non-hydrogen) atoms. The molecule has 0 saturated heterocycles. The maximum absolute atomic E-state index is 10.9. The maximum atomic E-state index is 10.9. The molecular weight excluding hydrogens is 270 g/mol. The maximum Gasteiger partial charge on any atom is 0.360 e. The van der Waals surface area contributed by atoms with Gasteiger partial charge < -0.3 is 15.3 Å². The number of rotatable bonds is 7. The molecule has 2 N–H and O–H groups in total. The highest BCUT2D eigenvalue weighted by molar-refractivity contribution is 7.14. The van der Waals surface area contributed by atoms with Crippen LogP contribution in [0.4, 0.5) is 5.13 Å². The van der Waals surface area contributed by atoms with Gasteiger partial charge in [0.2, 0.25) is 12.1 Å². The van der Waals surface area contributed by atoms with Crippen molar-refractivity contribution in [3.05, 3.63) is 11.1 Å². The van der Waals surface area contributed by atoms with E-state index in [1.807, 2.05) is 0 Å². The van der Waals surface area contributed by atoms with E-state index in [9.17, 15) is 9.59 Å². The number of thiazole rings is 1. The number of alkyl halides is 1. The molecule has 0 aliphatic rings. The number of carbonyl (C=O) groups is 2. The van der Waals surface area contributed by atoms with Crippen molar-refractivity contribution in [1.29, 1.82) is 0 Å². The lowest BCUT2D eigenvalue weighted by Gasteiger charge is -1.98. The van der Waals surface area contributed by atoms with Crippen molar-refractivity contribution in [1.82, 2.24) is 4.98 Å². The van der Waals surface area contributed by atoms with Crippen molar-refractivity contribution < 1.29 is 19.5 Å². The van der Waals surface area contributed by atoms with E-state index in [0.717, 1.165) is 11.3 Å². The van der Waals surface area contributed by atoms with Crippen LogP contribution in [0.5, 0.6) is 0 Å². The molecule has 0 aromatic carbocycles. The molecule has 0 radical (unpaired) electrons. The van der Waals surface area contributed by atoms with Gasteiger partial charge in [0.1, 0.15) is 12.3 Å². The lowest BCUT2D eigenvalue weighted by atomic mass is 10.3. The molecule has 1 aromatic heterocycles. The fourth-order valence-electron chi connectivity index (χ4n) is 0.839. The number of carboxylic acids is 1. The number of anilines is 1. The summed E-state index contributed by atoms with van der Waals surface area (Å²) in [5, 5.41) is 16.3. The molecule has 0 unspecified atom stereocenters. The molecule has 0 spiro atoms. The van der Waals surface area contributed by atoms with E-state index < -0.39 is 5.97 Å². The van der Waals surface area contributed by atoms with Crippen LogP contribution in [0.15, 0.2) is 10.5 Å². The third-order valence-corrected chi connectivity index (χ3v) is 2.38. The summed E-state index contributed by atoms with van der Waals surface area (Å²) in [6.07, 6.45) is 0.449. The lowest BCUT2D eigenvalue weighted by Crippen LogP contribution is -2.16. The van der Waals surface area contributed by atoms with Gasteiger partial charge in [-0.1, -0.05) is 5.16 Å². The minimum atomic E-state index is -1.28. The predicted molar refractivity (Wildman–Crippen MR) is 62.6 cm³/mol. The van der Waals surface area contributed by atoms with Gasteiger partial charge in [-0.15, -0.1) is 22.9 Å². The number of hydrogen-bond donors (Lipinski definition) is 2. The van der Waals surface area contributed by atoms with Crippen LogP contribution in [-0.2, 0) is 14.4 Å². The number of nitrogens with one attached hydrogen (secondary N) is 1. The van der Waals surface area contributed by atoms with E-state index in [-0.39, 0.29) is 29.0 Å². The highest BCUT2D eigenvalue weighted by atomic mass is 35.5. The summed E-state index contributed by atoms with van der Waals surface area (Å²) in [6, 6.07) is 0. The third-order valence-electron chi connectivity index (χ3n) is 1.46. The average Bonchev–Trinajstić information content (AvgIpc) is 2.73. The van der Waals surface area contributed by atoms with Crippen LogP contribution in [0, 0.1) is 0 Å².